The van der Waals surface area contributed by atoms with Gasteiger partial charge in [0.15, 0.2) is 5.69 Å². The molecule has 3 nitrogen and oxygen atoms in total. The molecule has 0 aliphatic rings. The number of nitrogens with zero attached hydrogens (tertiary/aromatic N) is 1. The van der Waals surface area contributed by atoms with Gasteiger partial charge in [0.25, 0.3) is 0 Å². The van der Waals surface area contributed by atoms with Crippen molar-refractivity contribution < 1.29 is 9.53 Å². The van der Waals surface area contributed by atoms with Crippen LogP contribution in [0.15, 0.2) is 24.3 Å². The average Bonchev–Trinajstić information content (AvgIpc) is 2.26. The molecule has 0 fully saturated rings. The number of benzene rings is 1. The topological polar surface area (TPSA) is 30.7 Å². The van der Waals surface area contributed by atoms with E-state index in [4.69, 9.17) is 11.3 Å². The summed E-state index contributed by atoms with van der Waals surface area (Å²) in [7, 11) is 0. The second kappa shape index (κ2) is 5.03. The summed E-state index contributed by atoms with van der Waals surface area (Å²) in [5, 5.41) is 0. The van der Waals surface area contributed by atoms with Crippen LogP contribution in [-0.4, -0.2) is 12.6 Å². The van der Waals surface area contributed by atoms with Crippen molar-refractivity contribution in [1.82, 2.24) is 0 Å². The van der Waals surface area contributed by atoms with Crippen LogP contribution in [-0.2, 0) is 4.74 Å². The molecule has 0 aromatic heterocycles. The van der Waals surface area contributed by atoms with Crippen molar-refractivity contribution in [3.63, 3.8) is 0 Å². The van der Waals surface area contributed by atoms with Gasteiger partial charge in [-0.05, 0) is 12.5 Å². The highest BCUT2D eigenvalue weighted by Gasteiger charge is 2.06. The summed E-state index contributed by atoms with van der Waals surface area (Å²) in [4.78, 5) is 14.6. The van der Waals surface area contributed by atoms with Gasteiger partial charge >= 0.3 is 5.97 Å². The third-order valence-electron chi connectivity index (χ3n) is 1.65. The van der Waals surface area contributed by atoms with Crippen molar-refractivity contribution in [2.45, 2.75) is 13.3 Å². The lowest BCUT2D eigenvalue weighted by Gasteiger charge is -2.02. The highest BCUT2D eigenvalue weighted by Crippen LogP contribution is 2.14. The van der Waals surface area contributed by atoms with Gasteiger partial charge in [0.2, 0.25) is 0 Å². The van der Waals surface area contributed by atoms with E-state index in [0.717, 1.165) is 6.42 Å². The molecular weight excluding hydrogens is 178 g/mol. The Morgan fingerprint density at radius 3 is 3.00 bits per heavy atom. The minimum absolute atomic E-state index is 0.364. The van der Waals surface area contributed by atoms with Gasteiger partial charge in [0, 0.05) is 5.56 Å². The minimum atomic E-state index is -0.364. The molecule has 0 atom stereocenters. The fourth-order valence-electron chi connectivity index (χ4n) is 0.981. The summed E-state index contributed by atoms with van der Waals surface area (Å²) in [6.45, 7) is 9.14. The molecule has 0 bridgehead atoms. The van der Waals surface area contributed by atoms with Gasteiger partial charge in [0.05, 0.1) is 13.2 Å². The Hall–Kier alpha value is -1.82. The van der Waals surface area contributed by atoms with Gasteiger partial charge in [-0.25, -0.2) is 9.64 Å². The van der Waals surface area contributed by atoms with Gasteiger partial charge in [-0.15, -0.1) is 0 Å². The quantitative estimate of drug-likeness (QED) is 0.540. The summed E-state index contributed by atoms with van der Waals surface area (Å²) >= 11 is 0. The highest BCUT2D eigenvalue weighted by atomic mass is 16.5. The van der Waals surface area contributed by atoms with Crippen molar-refractivity contribution >= 4 is 11.7 Å². The molecule has 1 aromatic carbocycles. The molecule has 72 valence electrons. The lowest BCUT2D eigenvalue weighted by Crippen LogP contribution is -2.05. The largest absolute Gasteiger partial charge is 0.462 e. The van der Waals surface area contributed by atoms with Gasteiger partial charge in [0.1, 0.15) is 0 Å². The molecule has 14 heavy (non-hydrogen) atoms. The van der Waals surface area contributed by atoms with Crippen LogP contribution in [0.25, 0.3) is 4.85 Å². The number of carbonyl (C=O) groups is 1. The zero-order valence-electron chi connectivity index (χ0n) is 7.99. The SMILES string of the molecule is [C-]#[N+]c1cccc(C(=O)OCCC)c1. The predicted octanol–water partition coefficient (Wildman–Crippen LogP) is 2.80. The Kier molecular flexibility index (Phi) is 3.69. The first kappa shape index (κ1) is 10.3. The molecule has 0 spiro atoms. The Balaban J connectivity index is 2.75. The first-order chi connectivity index (χ1) is 6.77. The fraction of sp³-hybridized carbons (Fsp3) is 0.273. The van der Waals surface area contributed by atoms with Gasteiger partial charge < -0.3 is 4.74 Å². The van der Waals surface area contributed by atoms with Crippen LogP contribution >= 0.6 is 0 Å². The van der Waals surface area contributed by atoms with Gasteiger partial charge in [-0.2, -0.15) is 0 Å². The first-order valence-corrected chi connectivity index (χ1v) is 4.42. The number of rotatable bonds is 3. The second-order valence-electron chi connectivity index (χ2n) is 2.80. The van der Waals surface area contributed by atoms with Gasteiger partial charge in [-0.3, -0.25) is 0 Å². The van der Waals surface area contributed by atoms with E-state index in [-0.39, 0.29) is 5.97 Å². The highest BCUT2D eigenvalue weighted by molar-refractivity contribution is 5.90. The average molecular weight is 189 g/mol. The van der Waals surface area contributed by atoms with Crippen LogP contribution in [0.5, 0.6) is 0 Å². The van der Waals surface area contributed by atoms with Crippen LogP contribution < -0.4 is 0 Å². The molecule has 0 unspecified atom stereocenters. The van der Waals surface area contributed by atoms with Crippen LogP contribution in [0.3, 0.4) is 0 Å². The molecule has 0 amide bonds. The summed E-state index contributed by atoms with van der Waals surface area (Å²) in [5.74, 6) is -0.364. The predicted molar refractivity (Wildman–Crippen MR) is 53.3 cm³/mol. The number of ether oxygens (including phenoxy) is 1. The minimum Gasteiger partial charge on any atom is -0.462 e. The number of carbonyl (C=O) groups excluding carboxylic acids is 1. The Morgan fingerprint density at radius 1 is 1.57 bits per heavy atom. The fourth-order valence-corrected chi connectivity index (χ4v) is 0.981. The van der Waals surface area contributed by atoms with Crippen LogP contribution in [0.2, 0.25) is 0 Å². The Morgan fingerprint density at radius 2 is 2.36 bits per heavy atom. The molecule has 1 rings (SSSR count). The van der Waals surface area contributed by atoms with E-state index in [0.29, 0.717) is 17.9 Å². The molecule has 0 saturated carbocycles. The first-order valence-electron chi connectivity index (χ1n) is 4.42. The molecule has 0 saturated heterocycles. The summed E-state index contributed by atoms with van der Waals surface area (Å²) < 4.78 is 4.93. The standard InChI is InChI=1S/C11H11NO2/c1-3-7-14-11(13)9-5-4-6-10(8-9)12-2/h4-6,8H,3,7H2,1H3. The summed E-state index contributed by atoms with van der Waals surface area (Å²) in [5.41, 5.74) is 0.892. The molecule has 0 radical (unpaired) electrons. The number of hydrogen-bond acceptors (Lipinski definition) is 2. The Labute approximate surface area is 83.1 Å². The van der Waals surface area contributed by atoms with E-state index in [2.05, 4.69) is 4.85 Å². The molecule has 1 aromatic rings. The maximum absolute atomic E-state index is 11.3. The summed E-state index contributed by atoms with van der Waals surface area (Å²) in [6, 6.07) is 6.51. The lowest BCUT2D eigenvalue weighted by molar-refractivity contribution is 0.0505. The van der Waals surface area contributed by atoms with Crippen LogP contribution in [0, 0.1) is 6.57 Å². The van der Waals surface area contributed by atoms with Crippen LogP contribution in [0.1, 0.15) is 23.7 Å². The van der Waals surface area contributed by atoms with Crippen molar-refractivity contribution in [2.24, 2.45) is 0 Å². The van der Waals surface area contributed by atoms with E-state index in [1.807, 2.05) is 6.92 Å². The maximum atomic E-state index is 11.3. The Bertz CT molecular complexity index is 366. The molecular formula is C11H11NO2. The lowest BCUT2D eigenvalue weighted by atomic mass is 10.2. The molecule has 0 aliphatic heterocycles. The maximum Gasteiger partial charge on any atom is 0.336 e. The zero-order chi connectivity index (χ0) is 10.4. The van der Waals surface area contributed by atoms with Crippen molar-refractivity contribution in [3.05, 3.63) is 41.2 Å². The van der Waals surface area contributed by atoms with E-state index in [1.54, 1.807) is 18.2 Å². The second-order valence-corrected chi connectivity index (χ2v) is 2.80. The van der Waals surface area contributed by atoms with Gasteiger partial charge in [-0.1, -0.05) is 25.1 Å². The smallest absolute Gasteiger partial charge is 0.336 e. The van der Waals surface area contributed by atoms with Crippen molar-refractivity contribution in [3.8, 4) is 0 Å². The zero-order valence-corrected chi connectivity index (χ0v) is 7.99. The third-order valence-corrected chi connectivity index (χ3v) is 1.65. The van der Waals surface area contributed by atoms with Crippen molar-refractivity contribution in [1.29, 1.82) is 0 Å². The molecule has 0 N–H and O–H groups in total. The normalized spacial score (nSPS) is 9.14. The van der Waals surface area contributed by atoms with E-state index in [1.165, 1.54) is 6.07 Å². The number of esters is 1. The number of hydrogen-bond donors (Lipinski definition) is 0. The van der Waals surface area contributed by atoms with E-state index in [9.17, 15) is 4.79 Å². The molecule has 3 heteroatoms. The summed E-state index contributed by atoms with van der Waals surface area (Å²) in [6.07, 6.45) is 0.800. The van der Waals surface area contributed by atoms with E-state index >= 15 is 0 Å². The van der Waals surface area contributed by atoms with Crippen LogP contribution in [0.4, 0.5) is 5.69 Å². The molecule has 0 aliphatic carbocycles. The van der Waals surface area contributed by atoms with Crippen molar-refractivity contribution in [2.75, 3.05) is 6.61 Å². The third kappa shape index (κ3) is 2.60. The van der Waals surface area contributed by atoms with E-state index < -0.39 is 0 Å². The molecule has 0 heterocycles. The monoisotopic (exact) mass is 189 g/mol.